The molecule has 1 aromatic heterocycles. The number of hydrogen-bond acceptors (Lipinski definition) is 3. The highest BCUT2D eigenvalue weighted by molar-refractivity contribution is 7.80. The van der Waals surface area contributed by atoms with Crippen LogP contribution in [0.5, 0.6) is 0 Å². The van der Waals surface area contributed by atoms with Crippen molar-refractivity contribution in [3.8, 4) is 0 Å². The summed E-state index contributed by atoms with van der Waals surface area (Å²) in [5, 5.41) is 7.57. The zero-order valence-corrected chi connectivity index (χ0v) is 13.2. The first kappa shape index (κ1) is 14.5. The Bertz CT molecular complexity index is 778. The molecule has 22 heavy (non-hydrogen) atoms. The summed E-state index contributed by atoms with van der Waals surface area (Å²) < 4.78 is 1.81. The summed E-state index contributed by atoms with van der Waals surface area (Å²) in [5.74, 6) is -0.153. The van der Waals surface area contributed by atoms with Gasteiger partial charge in [-0.15, -0.1) is 0 Å². The largest absolute Gasteiger partial charge is 0.327 e. The van der Waals surface area contributed by atoms with E-state index in [0.717, 1.165) is 23.4 Å². The van der Waals surface area contributed by atoms with Gasteiger partial charge in [-0.2, -0.15) is 5.10 Å². The van der Waals surface area contributed by atoms with Crippen LogP contribution < -0.4 is 10.2 Å². The van der Waals surface area contributed by atoms with Crippen molar-refractivity contribution >= 4 is 35.0 Å². The van der Waals surface area contributed by atoms with Crippen LogP contribution in [-0.4, -0.2) is 20.8 Å². The Morgan fingerprint density at radius 2 is 2.23 bits per heavy atom. The third kappa shape index (κ3) is 2.65. The Kier molecular flexibility index (Phi) is 3.77. The summed E-state index contributed by atoms with van der Waals surface area (Å²) in [6.07, 6.45) is 5.38. The predicted molar refractivity (Wildman–Crippen MR) is 90.3 cm³/mol. The third-order valence-electron chi connectivity index (χ3n) is 3.43. The van der Waals surface area contributed by atoms with Gasteiger partial charge in [0.2, 0.25) is 0 Å². The number of aryl methyl sites for hydroxylation is 2. The monoisotopic (exact) mass is 312 g/mol. The lowest BCUT2D eigenvalue weighted by atomic mass is 10.2. The van der Waals surface area contributed by atoms with Gasteiger partial charge in [-0.3, -0.25) is 14.4 Å². The maximum absolute atomic E-state index is 12.6. The average Bonchev–Trinajstić information content (AvgIpc) is 3.04. The van der Waals surface area contributed by atoms with E-state index in [9.17, 15) is 4.79 Å². The molecule has 1 aliphatic heterocycles. The van der Waals surface area contributed by atoms with E-state index >= 15 is 0 Å². The second-order valence-electron chi connectivity index (χ2n) is 5.10. The number of benzene rings is 1. The van der Waals surface area contributed by atoms with Gasteiger partial charge < -0.3 is 5.32 Å². The minimum Gasteiger partial charge on any atom is -0.327 e. The zero-order chi connectivity index (χ0) is 15.7. The van der Waals surface area contributed by atoms with Crippen molar-refractivity contribution in [1.82, 2.24) is 15.1 Å². The fourth-order valence-electron chi connectivity index (χ4n) is 2.33. The summed E-state index contributed by atoms with van der Waals surface area (Å²) >= 11 is 5.30. The third-order valence-corrected chi connectivity index (χ3v) is 3.71. The van der Waals surface area contributed by atoms with E-state index in [1.165, 1.54) is 4.90 Å². The molecule has 0 saturated carbocycles. The Balaban J connectivity index is 1.91. The molecule has 0 bridgehead atoms. The van der Waals surface area contributed by atoms with Crippen LogP contribution in [0.4, 0.5) is 5.69 Å². The van der Waals surface area contributed by atoms with Gasteiger partial charge in [-0.05, 0) is 49.8 Å². The fraction of sp³-hybridized carbons (Fsp3) is 0.188. The van der Waals surface area contributed by atoms with Crippen LogP contribution in [0.15, 0.2) is 42.4 Å². The highest BCUT2D eigenvalue weighted by Crippen LogP contribution is 2.23. The molecule has 3 rings (SSSR count). The predicted octanol–water partition coefficient (Wildman–Crippen LogP) is 2.47. The minimum atomic E-state index is -0.153. The number of nitrogens with zero attached hydrogens (tertiary/aromatic N) is 3. The van der Waals surface area contributed by atoms with Crippen LogP contribution >= 0.6 is 12.2 Å². The maximum Gasteiger partial charge on any atom is 0.281 e. The van der Waals surface area contributed by atoms with Gasteiger partial charge in [0.1, 0.15) is 5.70 Å². The van der Waals surface area contributed by atoms with E-state index in [0.29, 0.717) is 10.8 Å². The van der Waals surface area contributed by atoms with Gasteiger partial charge in [0.25, 0.3) is 5.91 Å². The molecular formula is C16H16N4OS. The Labute approximate surface area is 134 Å². The molecule has 0 unspecified atom stereocenters. The van der Waals surface area contributed by atoms with Gasteiger partial charge in [0.15, 0.2) is 5.11 Å². The van der Waals surface area contributed by atoms with Crippen molar-refractivity contribution in [2.75, 3.05) is 4.90 Å². The molecule has 112 valence electrons. The SMILES string of the molecule is CCn1cc(C=C2NC(=S)N(c3cccc(C)c3)C2=O)cn1. The van der Waals surface area contributed by atoms with E-state index in [1.54, 1.807) is 12.3 Å². The summed E-state index contributed by atoms with van der Waals surface area (Å²) in [4.78, 5) is 14.1. The van der Waals surface area contributed by atoms with Crippen LogP contribution in [0.25, 0.3) is 6.08 Å². The molecule has 0 aliphatic carbocycles. The molecule has 6 heteroatoms. The summed E-state index contributed by atoms with van der Waals surface area (Å²) in [6, 6.07) is 7.70. The van der Waals surface area contributed by atoms with Gasteiger partial charge >= 0.3 is 0 Å². The van der Waals surface area contributed by atoms with Gasteiger partial charge in [-0.25, -0.2) is 0 Å². The van der Waals surface area contributed by atoms with Crippen molar-refractivity contribution in [3.63, 3.8) is 0 Å². The van der Waals surface area contributed by atoms with Crippen molar-refractivity contribution in [3.05, 3.63) is 53.5 Å². The van der Waals surface area contributed by atoms with E-state index in [-0.39, 0.29) is 5.91 Å². The topological polar surface area (TPSA) is 50.2 Å². The molecule has 0 spiro atoms. The molecule has 0 atom stereocenters. The smallest absolute Gasteiger partial charge is 0.281 e. The Morgan fingerprint density at radius 1 is 1.41 bits per heavy atom. The molecule has 5 nitrogen and oxygen atoms in total. The van der Waals surface area contributed by atoms with Crippen molar-refractivity contribution in [2.24, 2.45) is 0 Å². The molecule has 1 aromatic carbocycles. The molecule has 1 amide bonds. The summed E-state index contributed by atoms with van der Waals surface area (Å²) in [7, 11) is 0. The van der Waals surface area contributed by atoms with Crippen LogP contribution in [0.3, 0.4) is 0 Å². The van der Waals surface area contributed by atoms with E-state index in [4.69, 9.17) is 12.2 Å². The highest BCUT2D eigenvalue weighted by Gasteiger charge is 2.31. The number of rotatable bonds is 3. The first-order chi connectivity index (χ1) is 10.6. The fourth-order valence-corrected chi connectivity index (χ4v) is 2.63. The standard InChI is InChI=1S/C16H16N4OS/c1-3-19-10-12(9-17-19)8-14-15(21)20(16(22)18-14)13-6-4-5-11(2)7-13/h4-10H,3H2,1-2H3,(H,18,22). The second kappa shape index (κ2) is 5.73. The maximum atomic E-state index is 12.6. The number of carbonyl (C=O) groups is 1. The van der Waals surface area contributed by atoms with Crippen molar-refractivity contribution < 1.29 is 4.79 Å². The number of thiocarbonyl (C=S) groups is 1. The van der Waals surface area contributed by atoms with Crippen LogP contribution in [0.2, 0.25) is 0 Å². The summed E-state index contributed by atoms with van der Waals surface area (Å²) in [6.45, 7) is 4.78. The van der Waals surface area contributed by atoms with E-state index in [2.05, 4.69) is 10.4 Å². The van der Waals surface area contributed by atoms with Gasteiger partial charge in [0.05, 0.1) is 11.9 Å². The van der Waals surface area contributed by atoms with Crippen molar-refractivity contribution in [1.29, 1.82) is 0 Å². The number of nitrogens with one attached hydrogen (secondary N) is 1. The van der Waals surface area contributed by atoms with Crippen LogP contribution in [0, 0.1) is 6.92 Å². The number of carbonyl (C=O) groups excluding carboxylic acids is 1. The molecule has 1 N–H and O–H groups in total. The highest BCUT2D eigenvalue weighted by atomic mass is 32.1. The number of anilines is 1. The Hall–Kier alpha value is -2.47. The van der Waals surface area contributed by atoms with Crippen LogP contribution in [-0.2, 0) is 11.3 Å². The molecule has 2 heterocycles. The molecule has 1 saturated heterocycles. The zero-order valence-electron chi connectivity index (χ0n) is 12.4. The molecule has 1 aliphatic rings. The molecule has 2 aromatic rings. The molecular weight excluding hydrogens is 296 g/mol. The quantitative estimate of drug-likeness (QED) is 0.699. The average molecular weight is 312 g/mol. The first-order valence-electron chi connectivity index (χ1n) is 7.04. The Morgan fingerprint density at radius 3 is 2.91 bits per heavy atom. The van der Waals surface area contributed by atoms with Crippen LogP contribution in [0.1, 0.15) is 18.1 Å². The number of hydrogen-bond donors (Lipinski definition) is 1. The minimum absolute atomic E-state index is 0.153. The lowest BCUT2D eigenvalue weighted by Crippen LogP contribution is -2.30. The van der Waals surface area contributed by atoms with Gasteiger partial charge in [0, 0.05) is 18.3 Å². The van der Waals surface area contributed by atoms with Crippen molar-refractivity contribution in [2.45, 2.75) is 20.4 Å². The van der Waals surface area contributed by atoms with E-state index in [1.807, 2.05) is 49.0 Å². The second-order valence-corrected chi connectivity index (χ2v) is 5.48. The number of amides is 1. The van der Waals surface area contributed by atoms with E-state index < -0.39 is 0 Å². The van der Waals surface area contributed by atoms with Gasteiger partial charge in [-0.1, -0.05) is 12.1 Å². The molecule has 1 fully saturated rings. The first-order valence-corrected chi connectivity index (χ1v) is 7.45. The lowest BCUT2D eigenvalue weighted by Gasteiger charge is -2.14. The summed E-state index contributed by atoms with van der Waals surface area (Å²) in [5.41, 5.74) is 3.18. The normalized spacial score (nSPS) is 16.5. The molecule has 0 radical (unpaired) electrons. The lowest BCUT2D eigenvalue weighted by molar-refractivity contribution is -0.113. The number of aromatic nitrogens is 2.